The quantitative estimate of drug-likeness (QED) is 0.524. The van der Waals surface area contributed by atoms with Crippen LogP contribution in [0.1, 0.15) is 15.9 Å². The van der Waals surface area contributed by atoms with E-state index < -0.39 is 0 Å². The first-order valence-corrected chi connectivity index (χ1v) is 8.19. The third-order valence-electron chi connectivity index (χ3n) is 3.10. The van der Waals surface area contributed by atoms with Crippen molar-refractivity contribution in [1.29, 1.82) is 0 Å². The molecule has 0 spiro atoms. The monoisotopic (exact) mass is 314 g/mol. The van der Waals surface area contributed by atoms with Gasteiger partial charge in [0.05, 0.1) is 0 Å². The van der Waals surface area contributed by atoms with Crippen molar-refractivity contribution >= 4 is 38.3 Å². The SMILES string of the molecule is Cc1ccccc1PC(=O)c1ccccc1.[LiH].c1ccccc1. The zero-order valence-electron chi connectivity index (χ0n) is 12.6. The first kappa shape index (κ1) is 19.4. The van der Waals surface area contributed by atoms with Gasteiger partial charge in [0.25, 0.3) is 0 Å². The Kier molecular flexibility index (Phi) is 9.26. The van der Waals surface area contributed by atoms with Gasteiger partial charge < -0.3 is 0 Å². The largest absolute Gasteiger partial charge is 0.0623 e. The molecule has 1 atom stereocenters. The summed E-state index contributed by atoms with van der Waals surface area (Å²) in [5.41, 5.74) is 2.18. The standard InChI is InChI=1S/C14H13OP.C6H6.Li.H/c1-11-7-5-6-10-13(11)16-14(15)12-8-3-2-4-9-12;1-2-4-6-5-3-1;;/h2-10,16H,1H3;1-6H;;. The van der Waals surface area contributed by atoms with E-state index in [0.29, 0.717) is 0 Å². The van der Waals surface area contributed by atoms with Gasteiger partial charge in [0.2, 0.25) is 0 Å². The molecule has 3 rings (SSSR count). The van der Waals surface area contributed by atoms with E-state index in [2.05, 4.69) is 0 Å². The van der Waals surface area contributed by atoms with Crippen LogP contribution in [-0.2, 0) is 0 Å². The minimum absolute atomic E-state index is 0. The Bertz CT molecular complexity index is 672. The fourth-order valence-corrected chi connectivity index (χ4v) is 2.90. The molecule has 0 aliphatic heterocycles. The van der Waals surface area contributed by atoms with Crippen LogP contribution < -0.4 is 5.30 Å². The molecule has 0 heterocycles. The zero-order chi connectivity index (χ0) is 15.6. The average Bonchev–Trinajstić information content (AvgIpc) is 2.60. The molecule has 0 aliphatic rings. The first-order valence-electron chi connectivity index (χ1n) is 7.19. The predicted octanol–water partition coefficient (Wildman–Crippen LogP) is 4.18. The van der Waals surface area contributed by atoms with Gasteiger partial charge in [0, 0.05) is 5.56 Å². The molecule has 0 fully saturated rings. The van der Waals surface area contributed by atoms with Crippen molar-refractivity contribution in [3.63, 3.8) is 0 Å². The van der Waals surface area contributed by atoms with Crippen molar-refractivity contribution in [2.24, 2.45) is 0 Å². The van der Waals surface area contributed by atoms with Gasteiger partial charge in [-0.2, -0.15) is 0 Å². The molecule has 112 valence electrons. The van der Waals surface area contributed by atoms with Crippen molar-refractivity contribution in [3.8, 4) is 0 Å². The molecule has 1 unspecified atom stereocenters. The van der Waals surface area contributed by atoms with E-state index in [1.165, 1.54) is 5.56 Å². The maximum absolute atomic E-state index is 12.0. The first-order chi connectivity index (χ1) is 10.8. The summed E-state index contributed by atoms with van der Waals surface area (Å²) in [7, 11) is 0.216. The fraction of sp³-hybridized carbons (Fsp3) is 0.0500. The van der Waals surface area contributed by atoms with Crippen LogP contribution in [0.5, 0.6) is 0 Å². The zero-order valence-corrected chi connectivity index (χ0v) is 13.6. The van der Waals surface area contributed by atoms with E-state index in [-0.39, 0.29) is 33.0 Å². The number of aryl methyl sites for hydroxylation is 1. The van der Waals surface area contributed by atoms with Crippen LogP contribution in [0.2, 0.25) is 0 Å². The van der Waals surface area contributed by atoms with E-state index in [1.807, 2.05) is 97.9 Å². The summed E-state index contributed by atoms with van der Waals surface area (Å²) in [5, 5.41) is 1.14. The van der Waals surface area contributed by atoms with Gasteiger partial charge in [-0.05, 0) is 26.4 Å². The molecule has 0 bridgehead atoms. The Labute approximate surface area is 152 Å². The molecule has 1 nitrogen and oxygen atoms in total. The molecular formula is C20H20LiOP. The van der Waals surface area contributed by atoms with Crippen LogP contribution >= 0.6 is 8.58 Å². The van der Waals surface area contributed by atoms with E-state index >= 15 is 0 Å². The number of benzene rings is 3. The molecule has 3 aromatic carbocycles. The summed E-state index contributed by atoms with van der Waals surface area (Å²) < 4.78 is 0. The van der Waals surface area contributed by atoms with Crippen molar-refractivity contribution in [2.45, 2.75) is 6.92 Å². The van der Waals surface area contributed by atoms with Gasteiger partial charge >= 0.3 is 18.9 Å². The topological polar surface area (TPSA) is 17.1 Å². The van der Waals surface area contributed by atoms with Crippen molar-refractivity contribution in [3.05, 3.63) is 102 Å². The Morgan fingerprint density at radius 2 is 1.13 bits per heavy atom. The van der Waals surface area contributed by atoms with Crippen molar-refractivity contribution in [1.82, 2.24) is 0 Å². The van der Waals surface area contributed by atoms with Gasteiger partial charge in [0.15, 0.2) is 5.52 Å². The van der Waals surface area contributed by atoms with Crippen molar-refractivity contribution in [2.75, 3.05) is 0 Å². The molecule has 0 saturated heterocycles. The Morgan fingerprint density at radius 3 is 1.65 bits per heavy atom. The summed E-state index contributed by atoms with van der Waals surface area (Å²) in [5.74, 6) is 0. The van der Waals surface area contributed by atoms with Gasteiger partial charge in [-0.15, -0.1) is 0 Å². The summed E-state index contributed by atoms with van der Waals surface area (Å²) in [6.07, 6.45) is 0. The molecule has 0 radical (unpaired) electrons. The number of rotatable bonds is 3. The number of hydrogen-bond acceptors (Lipinski definition) is 1. The number of hydrogen-bond donors (Lipinski definition) is 0. The minimum Gasteiger partial charge on any atom is -0.0623 e. The summed E-state index contributed by atoms with van der Waals surface area (Å²) in [6, 6.07) is 29.5. The molecule has 0 amide bonds. The minimum atomic E-state index is 0. The van der Waals surface area contributed by atoms with Crippen LogP contribution in [0.4, 0.5) is 0 Å². The summed E-state index contributed by atoms with van der Waals surface area (Å²) in [6.45, 7) is 2.04. The molecule has 0 aromatic heterocycles. The summed E-state index contributed by atoms with van der Waals surface area (Å²) >= 11 is 0. The van der Waals surface area contributed by atoms with Crippen LogP contribution in [0.3, 0.4) is 0 Å². The molecule has 23 heavy (non-hydrogen) atoms. The maximum atomic E-state index is 12.0. The second kappa shape index (κ2) is 11.0. The Hall–Kier alpha value is -1.64. The van der Waals surface area contributed by atoms with E-state index in [1.54, 1.807) is 0 Å². The Morgan fingerprint density at radius 1 is 0.696 bits per heavy atom. The smallest absolute Gasteiger partial charge is 0.0623 e. The summed E-state index contributed by atoms with van der Waals surface area (Å²) in [4.78, 5) is 12.0. The van der Waals surface area contributed by atoms with Gasteiger partial charge in [-0.1, -0.05) is 91.0 Å². The average molecular weight is 314 g/mol. The maximum Gasteiger partial charge on any atom is -0.0623 e. The fourth-order valence-electron chi connectivity index (χ4n) is 1.88. The third-order valence-corrected chi connectivity index (χ3v) is 4.44. The van der Waals surface area contributed by atoms with Gasteiger partial charge in [-0.3, -0.25) is 4.79 Å². The molecule has 0 saturated carbocycles. The Balaban J connectivity index is 0.000000320. The predicted molar refractivity (Wildman–Crippen MR) is 103 cm³/mol. The second-order valence-electron chi connectivity index (χ2n) is 4.79. The van der Waals surface area contributed by atoms with Crippen LogP contribution in [0.25, 0.3) is 0 Å². The molecular weight excluding hydrogens is 294 g/mol. The van der Waals surface area contributed by atoms with E-state index in [9.17, 15) is 4.79 Å². The molecule has 3 heteroatoms. The number of carbonyl (C=O) groups excluding carboxylic acids is 1. The van der Waals surface area contributed by atoms with Crippen LogP contribution in [0.15, 0.2) is 91.0 Å². The van der Waals surface area contributed by atoms with Crippen LogP contribution in [0, 0.1) is 6.92 Å². The molecule has 3 aromatic rings. The van der Waals surface area contributed by atoms with E-state index in [4.69, 9.17) is 0 Å². The van der Waals surface area contributed by atoms with Crippen molar-refractivity contribution < 1.29 is 4.79 Å². The van der Waals surface area contributed by atoms with Crippen LogP contribution in [-0.4, -0.2) is 24.4 Å². The van der Waals surface area contributed by atoms with Gasteiger partial charge in [-0.25, -0.2) is 0 Å². The van der Waals surface area contributed by atoms with E-state index in [0.717, 1.165) is 10.9 Å². The molecule has 0 aliphatic carbocycles. The molecule has 0 N–H and O–H groups in total. The second-order valence-corrected chi connectivity index (χ2v) is 6.03. The third kappa shape index (κ3) is 6.98. The van der Waals surface area contributed by atoms with Gasteiger partial charge in [0.1, 0.15) is 0 Å². The number of carbonyl (C=O) groups is 1. The normalized spacial score (nSPS) is 9.61.